The van der Waals surface area contributed by atoms with Crippen molar-refractivity contribution in [1.82, 2.24) is 10.1 Å². The van der Waals surface area contributed by atoms with Crippen molar-refractivity contribution in [3.05, 3.63) is 34.7 Å². The molecule has 3 N–H and O–H groups in total. The number of guanidine groups is 1. The van der Waals surface area contributed by atoms with Gasteiger partial charge in [0.25, 0.3) is 0 Å². The molecule has 0 aliphatic carbocycles. The minimum atomic E-state index is -1.54. The van der Waals surface area contributed by atoms with Crippen LogP contribution in [0.4, 0.5) is 11.4 Å². The summed E-state index contributed by atoms with van der Waals surface area (Å²) in [5.74, 6) is -0.892. The van der Waals surface area contributed by atoms with E-state index >= 15 is 0 Å². The number of hydrogen-bond acceptors (Lipinski definition) is 7. The molecule has 120 valence electrons. The van der Waals surface area contributed by atoms with E-state index in [1.54, 1.807) is 12.1 Å². The number of benzene rings is 1. The third kappa shape index (κ3) is 3.02. The van der Waals surface area contributed by atoms with E-state index in [1.807, 2.05) is 6.92 Å². The molecule has 0 fully saturated rings. The second-order valence-electron chi connectivity index (χ2n) is 4.85. The molecule has 1 aromatic rings. The molecule has 0 radical (unpaired) electrons. The van der Waals surface area contributed by atoms with Gasteiger partial charge in [-0.3, -0.25) is 4.79 Å². The highest BCUT2D eigenvalue weighted by molar-refractivity contribution is 5.95. The van der Waals surface area contributed by atoms with Crippen LogP contribution in [0.15, 0.2) is 29.4 Å². The zero-order valence-corrected chi connectivity index (χ0v) is 12.4. The highest BCUT2D eigenvalue weighted by Crippen LogP contribution is 2.37. The fourth-order valence-electron chi connectivity index (χ4n) is 2.13. The third-order valence-electron chi connectivity index (χ3n) is 3.09. The molecule has 0 aromatic heterocycles. The molecule has 1 aliphatic heterocycles. The minimum absolute atomic E-state index is 0.0106. The van der Waals surface area contributed by atoms with E-state index < -0.39 is 17.0 Å². The highest BCUT2D eigenvalue weighted by atomic mass is 16.9. The zero-order chi connectivity index (χ0) is 16.3. The first-order valence-corrected chi connectivity index (χ1v) is 6.85. The van der Waals surface area contributed by atoms with Crippen molar-refractivity contribution in [2.24, 2.45) is 10.8 Å². The Balaban J connectivity index is 2.37. The van der Waals surface area contributed by atoms with E-state index in [0.717, 1.165) is 0 Å². The zero-order valence-electron chi connectivity index (χ0n) is 12.4. The topological polar surface area (TPSA) is 126 Å². The largest absolute Gasteiger partial charge is 0.737 e. The number of quaternary nitrogens is 1. The molecule has 2 atom stereocenters. The Morgan fingerprint density at radius 2 is 2.23 bits per heavy atom. The number of carbonyl (C=O) groups excluding carboxylic acids is 1. The number of rotatable bonds is 5. The summed E-state index contributed by atoms with van der Waals surface area (Å²) in [4.78, 5) is 15.1. The average molecular weight is 308 g/mol. The van der Waals surface area contributed by atoms with Gasteiger partial charge in [0.2, 0.25) is 5.91 Å². The number of nitrogens with one attached hydrogen (secondary N) is 1. The lowest BCUT2D eigenvalue weighted by atomic mass is 10.2. The van der Waals surface area contributed by atoms with Crippen LogP contribution in [0.5, 0.6) is 0 Å². The molecule has 2 rings (SSSR count). The summed E-state index contributed by atoms with van der Waals surface area (Å²) < 4.78 is 0. The Morgan fingerprint density at radius 1 is 1.55 bits per heavy atom. The summed E-state index contributed by atoms with van der Waals surface area (Å²) in [6.07, 6.45) is 0.246. The van der Waals surface area contributed by atoms with Gasteiger partial charge in [-0.2, -0.15) is 4.84 Å². The lowest BCUT2D eigenvalue weighted by Gasteiger charge is -2.44. The predicted octanol–water partition coefficient (Wildman–Crippen LogP) is 1.23. The molecular formula is C13H18N5O4-. The van der Waals surface area contributed by atoms with Crippen molar-refractivity contribution < 1.29 is 9.63 Å². The number of hydrogen-bond donors (Lipinski definition) is 2. The van der Waals surface area contributed by atoms with Crippen molar-refractivity contribution >= 4 is 23.2 Å². The van der Waals surface area contributed by atoms with Crippen LogP contribution in [0.2, 0.25) is 0 Å². The monoisotopic (exact) mass is 308 g/mol. The van der Waals surface area contributed by atoms with Crippen LogP contribution in [0.1, 0.15) is 26.7 Å². The van der Waals surface area contributed by atoms with Crippen LogP contribution in [-0.4, -0.2) is 18.1 Å². The van der Waals surface area contributed by atoms with E-state index in [2.05, 4.69) is 10.4 Å². The molecule has 0 spiro atoms. The van der Waals surface area contributed by atoms with Crippen LogP contribution in [0.25, 0.3) is 0 Å². The average Bonchev–Trinajstić information content (AvgIpc) is 2.45. The quantitative estimate of drug-likeness (QED) is 0.478. The molecule has 9 nitrogen and oxygen atoms in total. The van der Waals surface area contributed by atoms with Gasteiger partial charge in [0.05, 0.1) is 0 Å². The number of hydrazone groups is 1. The maximum Gasteiger partial charge on any atom is 0.355 e. The van der Waals surface area contributed by atoms with Gasteiger partial charge in [0.15, 0.2) is 11.9 Å². The lowest BCUT2D eigenvalue weighted by Crippen LogP contribution is -2.59. The van der Waals surface area contributed by atoms with Gasteiger partial charge in [-0.05, 0) is 12.5 Å². The summed E-state index contributed by atoms with van der Waals surface area (Å²) in [7, 11) is 0. The first-order chi connectivity index (χ1) is 10.4. The smallest absolute Gasteiger partial charge is 0.355 e. The number of nitrogens with zero attached hydrogens (tertiary/aromatic N) is 3. The van der Waals surface area contributed by atoms with Crippen LogP contribution in [-0.2, 0) is 9.63 Å². The molecule has 0 bridgehead atoms. The molecule has 1 amide bonds. The Hall–Kier alpha value is -2.20. The van der Waals surface area contributed by atoms with E-state index in [-0.39, 0.29) is 22.5 Å². The summed E-state index contributed by atoms with van der Waals surface area (Å²) in [6, 6.07) is 6.07. The SMILES string of the molecule is CCCC(NC(C)=O)O[N+]1([O-])C(N)=NN([O-])c2ccccc21. The van der Waals surface area contributed by atoms with Gasteiger partial charge in [-0.1, -0.05) is 25.5 Å². The van der Waals surface area contributed by atoms with Crippen molar-refractivity contribution in [3.63, 3.8) is 0 Å². The number of fused-ring (bicyclic) bond motifs is 1. The number of amides is 1. The first-order valence-electron chi connectivity index (χ1n) is 6.85. The van der Waals surface area contributed by atoms with Gasteiger partial charge in [0.1, 0.15) is 5.69 Å². The maximum atomic E-state index is 13.0. The molecule has 2 unspecified atom stereocenters. The van der Waals surface area contributed by atoms with Crippen LogP contribution < -0.4 is 21.0 Å². The molecule has 1 aliphatic rings. The number of para-hydroxylation sites is 2. The number of nitrogens with two attached hydrogens (primary N) is 1. The second kappa shape index (κ2) is 6.28. The van der Waals surface area contributed by atoms with Crippen LogP contribution >= 0.6 is 0 Å². The minimum Gasteiger partial charge on any atom is -0.737 e. The lowest BCUT2D eigenvalue weighted by molar-refractivity contribution is -0.142. The number of carbonyl (C=O) groups is 1. The molecule has 0 saturated carbocycles. The van der Waals surface area contributed by atoms with Gasteiger partial charge >= 0.3 is 5.96 Å². The molecule has 22 heavy (non-hydrogen) atoms. The fraction of sp³-hybridized carbons (Fsp3) is 0.385. The molecule has 0 saturated heterocycles. The van der Waals surface area contributed by atoms with Gasteiger partial charge < -0.3 is 26.6 Å². The van der Waals surface area contributed by atoms with E-state index in [4.69, 9.17) is 10.6 Å². The first kappa shape index (κ1) is 16.2. The Bertz CT molecular complexity index is 594. The highest BCUT2D eigenvalue weighted by Gasteiger charge is 2.38. The maximum absolute atomic E-state index is 13.0. The molecule has 9 heteroatoms. The predicted molar refractivity (Wildman–Crippen MR) is 82.7 cm³/mol. The third-order valence-corrected chi connectivity index (χ3v) is 3.09. The Labute approximate surface area is 127 Å². The van der Waals surface area contributed by atoms with Crippen molar-refractivity contribution in [1.29, 1.82) is 0 Å². The Morgan fingerprint density at radius 3 is 2.86 bits per heavy atom. The molecular weight excluding hydrogens is 290 g/mol. The second-order valence-corrected chi connectivity index (χ2v) is 4.85. The van der Waals surface area contributed by atoms with E-state index in [0.29, 0.717) is 12.8 Å². The van der Waals surface area contributed by atoms with Crippen LogP contribution in [0.3, 0.4) is 0 Å². The summed E-state index contributed by atoms with van der Waals surface area (Å²) in [5.41, 5.74) is 5.68. The van der Waals surface area contributed by atoms with E-state index in [1.165, 1.54) is 19.1 Å². The summed E-state index contributed by atoms with van der Waals surface area (Å²) >= 11 is 0. The number of anilines is 1. The van der Waals surface area contributed by atoms with Gasteiger partial charge in [-0.25, -0.2) is 0 Å². The molecule has 1 heterocycles. The van der Waals surface area contributed by atoms with Gasteiger partial charge in [0, 0.05) is 13.0 Å². The summed E-state index contributed by atoms with van der Waals surface area (Å²) in [5, 5.41) is 31.1. The fourth-order valence-corrected chi connectivity index (χ4v) is 2.13. The normalized spacial score (nSPS) is 21.8. The number of hydroxylamine groups is 2. The van der Waals surface area contributed by atoms with Crippen molar-refractivity contribution in [2.45, 2.75) is 32.9 Å². The van der Waals surface area contributed by atoms with Gasteiger partial charge in [-0.15, -0.1) is 9.91 Å². The van der Waals surface area contributed by atoms with Crippen LogP contribution in [0, 0.1) is 10.4 Å². The van der Waals surface area contributed by atoms with Crippen molar-refractivity contribution in [2.75, 3.05) is 5.17 Å². The molecule has 1 aromatic carbocycles. The van der Waals surface area contributed by atoms with Crippen molar-refractivity contribution in [3.8, 4) is 0 Å². The van der Waals surface area contributed by atoms with E-state index in [9.17, 15) is 15.2 Å². The standard InChI is InChI=1S/C13H18N5O4/c1-3-6-12(15-9(2)19)22-18(21)11-8-5-4-7-10(11)17(20)16-13(18)14/h4-5,7-8,12H,3,6H2,1-2H3,(H2,14,16)(H,15,19)/q-1. The Kier molecular flexibility index (Phi) is 4.62. The summed E-state index contributed by atoms with van der Waals surface area (Å²) in [6.45, 7) is 3.20.